The highest BCUT2D eigenvalue weighted by molar-refractivity contribution is 6.35. The number of hydrogen-bond donors (Lipinski definition) is 0. The van der Waals surface area contributed by atoms with Crippen LogP contribution < -0.4 is 0 Å². The Kier molecular flexibility index (Phi) is 4.61. The van der Waals surface area contributed by atoms with Crippen molar-refractivity contribution in [3.05, 3.63) is 69.7 Å². The fourth-order valence-corrected chi connectivity index (χ4v) is 2.45. The number of carbonyl (C=O) groups excluding carboxylic acids is 1. The normalized spacial score (nSPS) is 10.8. The molecule has 104 valence electrons. The van der Waals surface area contributed by atoms with Gasteiger partial charge in [0.05, 0.1) is 5.02 Å². The zero-order chi connectivity index (χ0) is 14.7. The van der Waals surface area contributed by atoms with Gasteiger partial charge in [-0.05, 0) is 36.5 Å². The molecule has 0 unspecified atom stereocenters. The number of rotatable bonds is 4. The van der Waals surface area contributed by atoms with E-state index in [-0.39, 0.29) is 5.78 Å². The lowest BCUT2D eigenvalue weighted by atomic mass is 9.98. The summed E-state index contributed by atoms with van der Waals surface area (Å²) in [5.74, 6) is 0.595. The van der Waals surface area contributed by atoms with Gasteiger partial charge in [0.2, 0.25) is 0 Å². The first-order valence-corrected chi connectivity index (χ1v) is 7.25. The Morgan fingerprint density at radius 2 is 1.75 bits per heavy atom. The molecule has 2 heteroatoms. The summed E-state index contributed by atoms with van der Waals surface area (Å²) in [6.07, 6.45) is 1.03. The summed E-state index contributed by atoms with van der Waals surface area (Å²) in [4.78, 5) is 12.5. The number of halogens is 1. The maximum absolute atomic E-state index is 12.5. The van der Waals surface area contributed by atoms with Gasteiger partial charge in [-0.2, -0.15) is 0 Å². The monoisotopic (exact) mass is 286 g/mol. The van der Waals surface area contributed by atoms with Crippen LogP contribution >= 0.6 is 11.6 Å². The van der Waals surface area contributed by atoms with E-state index in [0.717, 1.165) is 12.0 Å². The molecule has 0 spiro atoms. The lowest BCUT2D eigenvalue weighted by Gasteiger charge is -2.08. The third-order valence-corrected chi connectivity index (χ3v) is 3.80. The van der Waals surface area contributed by atoms with Crippen LogP contribution in [0.15, 0.2) is 42.5 Å². The van der Waals surface area contributed by atoms with Crippen molar-refractivity contribution in [1.82, 2.24) is 0 Å². The highest BCUT2D eigenvalue weighted by Crippen LogP contribution is 2.23. The third kappa shape index (κ3) is 3.29. The predicted molar refractivity (Wildman–Crippen MR) is 84.6 cm³/mol. The maximum atomic E-state index is 12.5. The highest BCUT2D eigenvalue weighted by Gasteiger charge is 2.13. The van der Waals surface area contributed by atoms with E-state index in [1.807, 2.05) is 43.3 Å². The third-order valence-electron chi connectivity index (χ3n) is 3.30. The van der Waals surface area contributed by atoms with E-state index in [9.17, 15) is 4.79 Å². The van der Waals surface area contributed by atoms with Gasteiger partial charge < -0.3 is 0 Å². The summed E-state index contributed by atoms with van der Waals surface area (Å²) in [6, 6.07) is 13.4. The lowest BCUT2D eigenvalue weighted by molar-refractivity contribution is 0.103. The van der Waals surface area contributed by atoms with Gasteiger partial charge >= 0.3 is 0 Å². The maximum Gasteiger partial charge on any atom is 0.194 e. The molecule has 0 heterocycles. The van der Waals surface area contributed by atoms with Gasteiger partial charge in [0.15, 0.2) is 5.78 Å². The summed E-state index contributed by atoms with van der Waals surface area (Å²) in [5, 5.41) is 0.545. The first kappa shape index (κ1) is 14.8. The molecule has 0 saturated carbocycles. The van der Waals surface area contributed by atoms with Gasteiger partial charge in [-0.1, -0.05) is 61.8 Å². The van der Waals surface area contributed by atoms with Gasteiger partial charge in [-0.25, -0.2) is 0 Å². The van der Waals surface area contributed by atoms with Crippen LogP contribution in [0.4, 0.5) is 0 Å². The minimum absolute atomic E-state index is 0.0187. The average molecular weight is 287 g/mol. The van der Waals surface area contributed by atoms with Crippen molar-refractivity contribution < 1.29 is 4.79 Å². The van der Waals surface area contributed by atoms with Gasteiger partial charge in [0.25, 0.3) is 0 Å². The van der Waals surface area contributed by atoms with Crippen LogP contribution in [0, 0.1) is 12.8 Å². The Morgan fingerprint density at radius 1 is 1.10 bits per heavy atom. The van der Waals surface area contributed by atoms with Crippen LogP contribution in [0.2, 0.25) is 5.02 Å². The van der Waals surface area contributed by atoms with Crippen LogP contribution in [-0.4, -0.2) is 5.78 Å². The van der Waals surface area contributed by atoms with E-state index < -0.39 is 0 Å². The fraction of sp³-hybridized carbons (Fsp3) is 0.278. The zero-order valence-electron chi connectivity index (χ0n) is 12.1. The standard InChI is InChI=1S/C18H19ClO/c1-12(2)11-14-7-9-15(10-8-14)18(20)16-6-4-5-13(3)17(16)19/h4-10,12H,11H2,1-3H3. The van der Waals surface area contributed by atoms with Crippen molar-refractivity contribution >= 4 is 17.4 Å². The molecule has 2 aromatic carbocycles. The van der Waals surface area contributed by atoms with Crippen LogP contribution in [0.25, 0.3) is 0 Å². The van der Waals surface area contributed by atoms with Gasteiger partial charge in [-0.15, -0.1) is 0 Å². The lowest BCUT2D eigenvalue weighted by Crippen LogP contribution is -2.03. The Balaban J connectivity index is 2.27. The number of ketones is 1. The smallest absolute Gasteiger partial charge is 0.194 e. The number of aryl methyl sites for hydroxylation is 1. The second kappa shape index (κ2) is 6.23. The van der Waals surface area contributed by atoms with Gasteiger partial charge in [-0.3, -0.25) is 4.79 Å². The molecule has 20 heavy (non-hydrogen) atoms. The Bertz CT molecular complexity index is 612. The van der Waals surface area contributed by atoms with Crippen LogP contribution in [0.3, 0.4) is 0 Å². The summed E-state index contributed by atoms with van der Waals surface area (Å²) in [7, 11) is 0. The summed E-state index contributed by atoms with van der Waals surface area (Å²) >= 11 is 6.22. The Hall–Kier alpha value is -1.60. The van der Waals surface area contributed by atoms with E-state index in [1.54, 1.807) is 6.07 Å². The molecular formula is C18H19ClO. The summed E-state index contributed by atoms with van der Waals surface area (Å²) in [6.45, 7) is 6.28. The molecule has 0 atom stereocenters. The highest BCUT2D eigenvalue weighted by atomic mass is 35.5. The molecular weight excluding hydrogens is 268 g/mol. The fourth-order valence-electron chi connectivity index (χ4n) is 2.24. The van der Waals surface area contributed by atoms with Gasteiger partial charge in [0, 0.05) is 11.1 Å². The van der Waals surface area contributed by atoms with Crippen molar-refractivity contribution in [3.8, 4) is 0 Å². The molecule has 0 amide bonds. The molecule has 0 aromatic heterocycles. The van der Waals surface area contributed by atoms with E-state index >= 15 is 0 Å². The minimum Gasteiger partial charge on any atom is -0.289 e. The first-order chi connectivity index (χ1) is 9.49. The molecule has 0 bridgehead atoms. The van der Waals surface area contributed by atoms with Crippen molar-refractivity contribution in [3.63, 3.8) is 0 Å². The van der Waals surface area contributed by atoms with Crippen molar-refractivity contribution in [2.45, 2.75) is 27.2 Å². The summed E-state index contributed by atoms with van der Waals surface area (Å²) in [5.41, 5.74) is 3.44. The largest absolute Gasteiger partial charge is 0.289 e. The van der Waals surface area contributed by atoms with Crippen LogP contribution in [0.1, 0.15) is 40.9 Å². The van der Waals surface area contributed by atoms with Crippen molar-refractivity contribution in [2.24, 2.45) is 5.92 Å². The topological polar surface area (TPSA) is 17.1 Å². The molecule has 0 radical (unpaired) electrons. The predicted octanol–water partition coefficient (Wildman–Crippen LogP) is 5.08. The molecule has 0 saturated heterocycles. The van der Waals surface area contributed by atoms with E-state index in [1.165, 1.54) is 5.56 Å². The molecule has 0 N–H and O–H groups in total. The average Bonchev–Trinajstić information content (AvgIpc) is 2.41. The first-order valence-electron chi connectivity index (χ1n) is 6.87. The molecule has 2 rings (SSSR count). The molecule has 0 aliphatic carbocycles. The quantitative estimate of drug-likeness (QED) is 0.717. The van der Waals surface area contributed by atoms with Crippen LogP contribution in [-0.2, 0) is 6.42 Å². The number of benzene rings is 2. The van der Waals surface area contributed by atoms with Crippen molar-refractivity contribution in [2.75, 3.05) is 0 Å². The van der Waals surface area contributed by atoms with E-state index in [0.29, 0.717) is 22.1 Å². The molecule has 0 aliphatic heterocycles. The van der Waals surface area contributed by atoms with Gasteiger partial charge in [0.1, 0.15) is 0 Å². The molecule has 0 fully saturated rings. The molecule has 2 aromatic rings. The van der Waals surface area contributed by atoms with Crippen LogP contribution in [0.5, 0.6) is 0 Å². The number of hydrogen-bond acceptors (Lipinski definition) is 1. The summed E-state index contributed by atoms with van der Waals surface area (Å²) < 4.78 is 0. The minimum atomic E-state index is -0.0187. The number of carbonyl (C=O) groups is 1. The second-order valence-corrected chi connectivity index (χ2v) is 5.94. The zero-order valence-corrected chi connectivity index (χ0v) is 12.9. The molecule has 0 aliphatic rings. The SMILES string of the molecule is Cc1cccc(C(=O)c2ccc(CC(C)C)cc2)c1Cl. The van der Waals surface area contributed by atoms with E-state index in [2.05, 4.69) is 13.8 Å². The van der Waals surface area contributed by atoms with Crippen molar-refractivity contribution in [1.29, 1.82) is 0 Å². The Labute approximate surface area is 125 Å². The molecule has 1 nitrogen and oxygen atoms in total. The second-order valence-electron chi connectivity index (χ2n) is 5.56. The Morgan fingerprint density at radius 3 is 2.35 bits per heavy atom. The van der Waals surface area contributed by atoms with E-state index in [4.69, 9.17) is 11.6 Å².